The maximum Gasteiger partial charge on any atom is 0.261 e. The summed E-state index contributed by atoms with van der Waals surface area (Å²) in [4.78, 5) is 29.4. The number of aromatic nitrogens is 2. The zero-order valence-electron chi connectivity index (χ0n) is 15.1. The second-order valence-corrected chi connectivity index (χ2v) is 7.45. The van der Waals surface area contributed by atoms with Crippen molar-refractivity contribution in [2.24, 2.45) is 0 Å². The van der Waals surface area contributed by atoms with Crippen molar-refractivity contribution in [3.05, 3.63) is 63.1 Å². The average molecular weight is 444 g/mol. The predicted octanol–water partition coefficient (Wildman–Crippen LogP) is 2.81. The standard InChI is InChI=1S/C20H18BrN3O4/c1-12(13-2-5-17-18(8-13)28-7-6-27-17)23-19(25)10-24-11-22-16-4-3-14(21)9-15(16)20(24)26/h2-5,8-9,11-12H,6-7,10H2,1H3,(H,23,25). The third kappa shape index (κ3) is 3.73. The van der Waals surface area contributed by atoms with Gasteiger partial charge in [0.15, 0.2) is 11.5 Å². The van der Waals surface area contributed by atoms with Gasteiger partial charge >= 0.3 is 0 Å². The molecule has 1 atom stereocenters. The lowest BCUT2D eigenvalue weighted by molar-refractivity contribution is -0.122. The molecule has 1 aliphatic heterocycles. The van der Waals surface area contributed by atoms with Gasteiger partial charge in [0.25, 0.3) is 5.56 Å². The first-order valence-electron chi connectivity index (χ1n) is 8.85. The molecule has 28 heavy (non-hydrogen) atoms. The van der Waals surface area contributed by atoms with Gasteiger partial charge in [-0.2, -0.15) is 0 Å². The third-order valence-electron chi connectivity index (χ3n) is 4.54. The molecule has 1 aromatic heterocycles. The van der Waals surface area contributed by atoms with E-state index in [1.54, 1.807) is 12.1 Å². The topological polar surface area (TPSA) is 82.5 Å². The van der Waals surface area contributed by atoms with E-state index < -0.39 is 0 Å². The Labute approximate surface area is 169 Å². The zero-order valence-corrected chi connectivity index (χ0v) is 16.7. The highest BCUT2D eigenvalue weighted by molar-refractivity contribution is 9.10. The highest BCUT2D eigenvalue weighted by Gasteiger charge is 2.16. The van der Waals surface area contributed by atoms with E-state index in [0.717, 1.165) is 10.0 Å². The highest BCUT2D eigenvalue weighted by Crippen LogP contribution is 2.32. The molecule has 0 saturated carbocycles. The number of nitrogens with zero attached hydrogens (tertiary/aromatic N) is 2. The van der Waals surface area contributed by atoms with E-state index in [2.05, 4.69) is 26.2 Å². The highest BCUT2D eigenvalue weighted by atomic mass is 79.9. The molecule has 0 radical (unpaired) electrons. The number of fused-ring (bicyclic) bond motifs is 2. The Balaban J connectivity index is 1.49. The molecule has 1 aliphatic rings. The molecule has 0 spiro atoms. The number of rotatable bonds is 4. The van der Waals surface area contributed by atoms with Gasteiger partial charge in [0.05, 0.1) is 23.3 Å². The molecule has 0 aliphatic carbocycles. The van der Waals surface area contributed by atoms with Crippen LogP contribution in [0.4, 0.5) is 0 Å². The molecule has 1 N–H and O–H groups in total. The first kappa shape index (κ1) is 18.5. The van der Waals surface area contributed by atoms with Crippen molar-refractivity contribution in [3.8, 4) is 11.5 Å². The molecule has 0 bridgehead atoms. The fourth-order valence-corrected chi connectivity index (χ4v) is 3.46. The zero-order chi connectivity index (χ0) is 19.7. The van der Waals surface area contributed by atoms with Crippen molar-refractivity contribution >= 4 is 32.7 Å². The fourth-order valence-electron chi connectivity index (χ4n) is 3.10. The Hall–Kier alpha value is -2.87. The molecule has 2 heterocycles. The number of benzene rings is 2. The molecular formula is C20H18BrN3O4. The van der Waals surface area contributed by atoms with Crippen LogP contribution in [-0.4, -0.2) is 28.7 Å². The van der Waals surface area contributed by atoms with Gasteiger partial charge in [0.2, 0.25) is 5.91 Å². The van der Waals surface area contributed by atoms with E-state index >= 15 is 0 Å². The number of nitrogens with one attached hydrogen (secondary N) is 1. The lowest BCUT2D eigenvalue weighted by Gasteiger charge is -2.21. The number of hydrogen-bond donors (Lipinski definition) is 1. The largest absolute Gasteiger partial charge is 0.486 e. The number of halogens is 1. The second kappa shape index (κ2) is 7.63. The molecule has 0 fully saturated rings. The number of carbonyl (C=O) groups excluding carboxylic acids is 1. The summed E-state index contributed by atoms with van der Waals surface area (Å²) >= 11 is 3.35. The summed E-state index contributed by atoms with van der Waals surface area (Å²) in [5.41, 5.74) is 1.23. The minimum Gasteiger partial charge on any atom is -0.486 e. The van der Waals surface area contributed by atoms with Gasteiger partial charge in [-0.25, -0.2) is 4.98 Å². The molecular weight excluding hydrogens is 426 g/mol. The van der Waals surface area contributed by atoms with Crippen molar-refractivity contribution in [2.45, 2.75) is 19.5 Å². The van der Waals surface area contributed by atoms with Crippen LogP contribution in [0.15, 0.2) is 52.0 Å². The quantitative estimate of drug-likeness (QED) is 0.670. The van der Waals surface area contributed by atoms with Crippen LogP contribution in [0.1, 0.15) is 18.5 Å². The molecule has 2 aromatic carbocycles. The molecule has 7 nitrogen and oxygen atoms in total. The van der Waals surface area contributed by atoms with Gasteiger partial charge in [-0.15, -0.1) is 0 Å². The normalized spacial score (nSPS) is 13.9. The number of ether oxygens (including phenoxy) is 2. The van der Waals surface area contributed by atoms with Crippen LogP contribution in [0.2, 0.25) is 0 Å². The van der Waals surface area contributed by atoms with Gasteiger partial charge in [-0.05, 0) is 42.8 Å². The van der Waals surface area contributed by atoms with E-state index in [-0.39, 0.29) is 24.1 Å². The number of hydrogen-bond acceptors (Lipinski definition) is 5. The van der Waals surface area contributed by atoms with Gasteiger partial charge in [0, 0.05) is 4.47 Å². The van der Waals surface area contributed by atoms with Crippen molar-refractivity contribution in [3.63, 3.8) is 0 Å². The maximum atomic E-state index is 12.6. The lowest BCUT2D eigenvalue weighted by Crippen LogP contribution is -2.34. The summed E-state index contributed by atoms with van der Waals surface area (Å²) < 4.78 is 13.2. The van der Waals surface area contributed by atoms with Crippen LogP contribution in [0, 0.1) is 0 Å². The van der Waals surface area contributed by atoms with E-state index in [4.69, 9.17) is 9.47 Å². The van der Waals surface area contributed by atoms with Crippen LogP contribution in [0.25, 0.3) is 10.9 Å². The molecule has 4 rings (SSSR count). The minimum absolute atomic E-state index is 0.108. The second-order valence-electron chi connectivity index (χ2n) is 6.53. The van der Waals surface area contributed by atoms with Gasteiger partial charge < -0.3 is 14.8 Å². The number of amides is 1. The van der Waals surface area contributed by atoms with Crippen molar-refractivity contribution in [1.29, 1.82) is 0 Å². The third-order valence-corrected chi connectivity index (χ3v) is 5.04. The molecule has 1 amide bonds. The Kier molecular flexibility index (Phi) is 5.04. The Bertz CT molecular complexity index is 1110. The van der Waals surface area contributed by atoms with Gasteiger partial charge in [-0.3, -0.25) is 14.2 Å². The average Bonchev–Trinajstić information content (AvgIpc) is 2.70. The first-order chi connectivity index (χ1) is 13.5. The monoisotopic (exact) mass is 443 g/mol. The van der Waals surface area contributed by atoms with E-state index in [1.165, 1.54) is 10.9 Å². The smallest absolute Gasteiger partial charge is 0.261 e. The van der Waals surface area contributed by atoms with Crippen LogP contribution in [-0.2, 0) is 11.3 Å². The summed E-state index contributed by atoms with van der Waals surface area (Å²) in [5, 5.41) is 3.37. The Morgan fingerprint density at radius 3 is 2.82 bits per heavy atom. The molecule has 3 aromatic rings. The predicted molar refractivity (Wildman–Crippen MR) is 108 cm³/mol. The van der Waals surface area contributed by atoms with Crippen molar-refractivity contribution < 1.29 is 14.3 Å². The molecule has 1 unspecified atom stereocenters. The summed E-state index contributed by atoms with van der Waals surface area (Å²) in [6.45, 7) is 2.81. The van der Waals surface area contributed by atoms with Crippen LogP contribution in [0.5, 0.6) is 11.5 Å². The van der Waals surface area contributed by atoms with Crippen LogP contribution in [0.3, 0.4) is 0 Å². The Morgan fingerprint density at radius 2 is 2.00 bits per heavy atom. The van der Waals surface area contributed by atoms with Crippen molar-refractivity contribution in [2.75, 3.05) is 13.2 Å². The van der Waals surface area contributed by atoms with E-state index in [9.17, 15) is 9.59 Å². The van der Waals surface area contributed by atoms with E-state index in [1.807, 2.05) is 31.2 Å². The van der Waals surface area contributed by atoms with Gasteiger partial charge in [-0.1, -0.05) is 22.0 Å². The summed E-state index contributed by atoms with van der Waals surface area (Å²) in [6, 6.07) is 10.6. The summed E-state index contributed by atoms with van der Waals surface area (Å²) in [7, 11) is 0. The minimum atomic E-state index is -0.277. The maximum absolute atomic E-state index is 12.6. The number of carbonyl (C=O) groups is 1. The fraction of sp³-hybridized carbons (Fsp3) is 0.250. The SMILES string of the molecule is CC(NC(=O)Cn1cnc2ccc(Br)cc2c1=O)c1ccc2c(c1)OCCO2. The van der Waals surface area contributed by atoms with Crippen LogP contribution >= 0.6 is 15.9 Å². The summed E-state index contributed by atoms with van der Waals surface area (Å²) in [5.74, 6) is 1.10. The molecule has 8 heteroatoms. The molecule has 0 saturated heterocycles. The summed E-state index contributed by atoms with van der Waals surface area (Å²) in [6.07, 6.45) is 1.40. The lowest BCUT2D eigenvalue weighted by atomic mass is 10.1. The van der Waals surface area contributed by atoms with Gasteiger partial charge in [0.1, 0.15) is 19.8 Å². The van der Waals surface area contributed by atoms with Crippen LogP contribution < -0.4 is 20.3 Å². The Morgan fingerprint density at radius 1 is 1.21 bits per heavy atom. The van der Waals surface area contributed by atoms with Crippen molar-refractivity contribution in [1.82, 2.24) is 14.9 Å². The molecule has 144 valence electrons. The van der Waals surface area contributed by atoms with E-state index in [0.29, 0.717) is 35.6 Å². The first-order valence-corrected chi connectivity index (χ1v) is 9.64.